The largest absolute Gasteiger partial charge is 0.358 e. The summed E-state index contributed by atoms with van der Waals surface area (Å²) >= 11 is 0. The molecule has 0 spiro atoms. The molecule has 2 rings (SSSR count). The highest BCUT2D eigenvalue weighted by Crippen LogP contribution is 2.37. The Morgan fingerprint density at radius 2 is 1.47 bits per heavy atom. The van der Waals surface area contributed by atoms with Gasteiger partial charge >= 0.3 is 0 Å². The number of hydrogen-bond acceptors (Lipinski definition) is 0. The predicted molar refractivity (Wildman–Crippen MR) is 67.1 cm³/mol. The van der Waals surface area contributed by atoms with Crippen LogP contribution in [-0.2, 0) is 0 Å². The van der Waals surface area contributed by atoms with Crippen molar-refractivity contribution in [1.82, 2.24) is 4.98 Å². The van der Waals surface area contributed by atoms with E-state index in [4.69, 9.17) is 0 Å². The molecule has 2 atom stereocenters. The Morgan fingerprint density at radius 1 is 0.895 bits per heavy atom. The van der Waals surface area contributed by atoms with E-state index in [-0.39, 0.29) is 5.69 Å². The van der Waals surface area contributed by atoms with Crippen LogP contribution in [-0.4, -0.2) is 17.8 Å². The van der Waals surface area contributed by atoms with Gasteiger partial charge in [-0.3, -0.25) is 0 Å². The average molecular weight is 273 g/mol. The fraction of sp³-hybridized carbons (Fsp3) is 0.429. The number of halogens is 4. The minimum absolute atomic E-state index is 0.212. The SMILES string of the molecule is CC(c1[nH]c2ccccc2c1C(C)C(F)F)C(F)F. The molecule has 1 nitrogen and oxygen atoms in total. The van der Waals surface area contributed by atoms with E-state index in [1.54, 1.807) is 24.3 Å². The van der Waals surface area contributed by atoms with Crippen molar-refractivity contribution in [2.45, 2.75) is 38.5 Å². The Bertz CT molecular complexity index is 562. The molecule has 1 heterocycles. The molecule has 0 aliphatic rings. The maximum atomic E-state index is 13.0. The van der Waals surface area contributed by atoms with Crippen LogP contribution in [0, 0.1) is 0 Å². The van der Waals surface area contributed by atoms with Crippen LogP contribution in [0.15, 0.2) is 24.3 Å². The van der Waals surface area contributed by atoms with E-state index in [0.29, 0.717) is 16.5 Å². The van der Waals surface area contributed by atoms with Crippen LogP contribution >= 0.6 is 0 Å². The van der Waals surface area contributed by atoms with Crippen LogP contribution in [0.1, 0.15) is 36.9 Å². The van der Waals surface area contributed by atoms with Gasteiger partial charge in [0.1, 0.15) is 0 Å². The van der Waals surface area contributed by atoms with E-state index in [2.05, 4.69) is 4.98 Å². The summed E-state index contributed by atoms with van der Waals surface area (Å²) in [6.45, 7) is 2.71. The molecule has 104 valence electrons. The van der Waals surface area contributed by atoms with Crippen LogP contribution < -0.4 is 0 Å². The third-order valence-electron chi connectivity index (χ3n) is 3.44. The lowest BCUT2D eigenvalue weighted by Crippen LogP contribution is -2.12. The predicted octanol–water partition coefficient (Wildman–Crippen LogP) is 4.91. The summed E-state index contributed by atoms with van der Waals surface area (Å²) in [5, 5.41) is 0.595. The second kappa shape index (κ2) is 5.23. The van der Waals surface area contributed by atoms with Gasteiger partial charge in [0.25, 0.3) is 0 Å². The summed E-state index contributed by atoms with van der Waals surface area (Å²) in [6, 6.07) is 6.85. The fourth-order valence-corrected chi connectivity index (χ4v) is 2.29. The molecular weight excluding hydrogens is 258 g/mol. The van der Waals surface area contributed by atoms with E-state index in [9.17, 15) is 17.6 Å². The Morgan fingerprint density at radius 3 is 2.05 bits per heavy atom. The van der Waals surface area contributed by atoms with Gasteiger partial charge in [-0.05, 0) is 11.6 Å². The van der Waals surface area contributed by atoms with E-state index in [1.807, 2.05) is 0 Å². The average Bonchev–Trinajstić information content (AvgIpc) is 2.75. The molecule has 0 saturated heterocycles. The van der Waals surface area contributed by atoms with Crippen LogP contribution in [0.25, 0.3) is 10.9 Å². The molecule has 0 saturated carbocycles. The first kappa shape index (κ1) is 13.9. The molecule has 19 heavy (non-hydrogen) atoms. The molecule has 2 aromatic rings. The molecule has 0 amide bonds. The topological polar surface area (TPSA) is 15.8 Å². The highest BCUT2D eigenvalue weighted by Gasteiger charge is 2.29. The standard InChI is InChI=1S/C14H15F4N/c1-7(13(15)16)11-9-5-3-4-6-10(9)19-12(11)8(2)14(17)18/h3-8,13-14,19H,1-2H3. The highest BCUT2D eigenvalue weighted by atomic mass is 19.3. The third-order valence-corrected chi connectivity index (χ3v) is 3.44. The van der Waals surface area contributed by atoms with Crippen molar-refractivity contribution in [3.8, 4) is 0 Å². The van der Waals surface area contributed by atoms with Crippen molar-refractivity contribution in [2.75, 3.05) is 0 Å². The maximum Gasteiger partial charge on any atom is 0.246 e. The lowest BCUT2D eigenvalue weighted by atomic mass is 9.93. The van der Waals surface area contributed by atoms with Gasteiger partial charge in [-0.1, -0.05) is 32.0 Å². The monoisotopic (exact) mass is 273 g/mol. The third kappa shape index (κ3) is 2.46. The van der Waals surface area contributed by atoms with Crippen LogP contribution in [0.3, 0.4) is 0 Å². The first-order chi connectivity index (χ1) is 8.93. The summed E-state index contributed by atoms with van der Waals surface area (Å²) in [4.78, 5) is 2.87. The van der Waals surface area contributed by atoms with Crippen molar-refractivity contribution in [1.29, 1.82) is 0 Å². The molecule has 0 radical (unpaired) electrons. The van der Waals surface area contributed by atoms with Crippen molar-refractivity contribution in [2.24, 2.45) is 0 Å². The van der Waals surface area contributed by atoms with Crippen LogP contribution in [0.4, 0.5) is 17.6 Å². The zero-order chi connectivity index (χ0) is 14.2. The van der Waals surface area contributed by atoms with Gasteiger partial charge in [0, 0.05) is 22.5 Å². The van der Waals surface area contributed by atoms with E-state index >= 15 is 0 Å². The van der Waals surface area contributed by atoms with Crippen LogP contribution in [0.2, 0.25) is 0 Å². The van der Waals surface area contributed by atoms with Crippen LogP contribution in [0.5, 0.6) is 0 Å². The number of aromatic amines is 1. The Hall–Kier alpha value is -1.52. The number of para-hydroxylation sites is 1. The van der Waals surface area contributed by atoms with Gasteiger partial charge in [-0.25, -0.2) is 17.6 Å². The van der Waals surface area contributed by atoms with Gasteiger partial charge in [-0.15, -0.1) is 0 Å². The number of nitrogens with one attached hydrogen (secondary N) is 1. The number of rotatable bonds is 4. The molecular formula is C14H15F4N. The second-order valence-electron chi connectivity index (χ2n) is 4.74. The molecule has 1 aromatic heterocycles. The first-order valence-corrected chi connectivity index (χ1v) is 6.10. The van der Waals surface area contributed by atoms with Gasteiger partial charge in [0.2, 0.25) is 12.9 Å². The normalized spacial score (nSPS) is 15.4. The first-order valence-electron chi connectivity index (χ1n) is 6.10. The summed E-state index contributed by atoms with van der Waals surface area (Å²) in [6.07, 6.45) is -5.17. The van der Waals surface area contributed by atoms with Gasteiger partial charge in [-0.2, -0.15) is 0 Å². The molecule has 1 N–H and O–H groups in total. The summed E-state index contributed by atoms with van der Waals surface area (Å²) in [5.74, 6) is -2.17. The minimum atomic E-state index is -2.59. The second-order valence-corrected chi connectivity index (χ2v) is 4.74. The number of alkyl halides is 4. The highest BCUT2D eigenvalue weighted by molar-refractivity contribution is 5.85. The molecule has 0 fully saturated rings. The molecule has 0 bridgehead atoms. The molecule has 0 aliphatic heterocycles. The number of fused-ring (bicyclic) bond motifs is 1. The van der Waals surface area contributed by atoms with E-state index < -0.39 is 24.7 Å². The fourth-order valence-electron chi connectivity index (χ4n) is 2.29. The minimum Gasteiger partial charge on any atom is -0.358 e. The van der Waals surface area contributed by atoms with Crippen molar-refractivity contribution in [3.05, 3.63) is 35.5 Å². The van der Waals surface area contributed by atoms with Gasteiger partial charge < -0.3 is 4.98 Å². The van der Waals surface area contributed by atoms with Gasteiger partial charge in [0.05, 0.1) is 5.92 Å². The molecule has 5 heteroatoms. The van der Waals surface area contributed by atoms with E-state index in [0.717, 1.165) is 0 Å². The smallest absolute Gasteiger partial charge is 0.246 e. The number of aromatic nitrogens is 1. The quantitative estimate of drug-likeness (QED) is 0.762. The van der Waals surface area contributed by atoms with Crippen molar-refractivity contribution in [3.63, 3.8) is 0 Å². The Labute approximate surface area is 108 Å². The number of hydrogen-bond donors (Lipinski definition) is 1. The summed E-state index contributed by atoms with van der Waals surface area (Å²) in [7, 11) is 0. The van der Waals surface area contributed by atoms with Crippen molar-refractivity contribution >= 4 is 10.9 Å². The lowest BCUT2D eigenvalue weighted by Gasteiger charge is -2.16. The Kier molecular flexibility index (Phi) is 3.83. The maximum absolute atomic E-state index is 13.0. The summed E-state index contributed by atoms with van der Waals surface area (Å²) in [5.41, 5.74) is 1.13. The molecule has 2 unspecified atom stereocenters. The Balaban J connectivity index is 2.65. The zero-order valence-corrected chi connectivity index (χ0v) is 10.6. The molecule has 1 aromatic carbocycles. The summed E-state index contributed by atoms with van der Waals surface area (Å²) < 4.78 is 51.7. The van der Waals surface area contributed by atoms with Gasteiger partial charge in [0.15, 0.2) is 0 Å². The van der Waals surface area contributed by atoms with E-state index in [1.165, 1.54) is 13.8 Å². The molecule has 0 aliphatic carbocycles. The lowest BCUT2D eigenvalue weighted by molar-refractivity contribution is 0.111. The zero-order valence-electron chi connectivity index (χ0n) is 10.6. The number of benzene rings is 1. The van der Waals surface area contributed by atoms with Crippen molar-refractivity contribution < 1.29 is 17.6 Å². The number of H-pyrrole nitrogens is 1.